The summed E-state index contributed by atoms with van der Waals surface area (Å²) < 4.78 is 26.8. The Hall–Kier alpha value is -2.72. The van der Waals surface area contributed by atoms with Crippen LogP contribution in [0.25, 0.3) is 33.5 Å². The van der Waals surface area contributed by atoms with E-state index in [-0.39, 0.29) is 37.5 Å². The van der Waals surface area contributed by atoms with Crippen molar-refractivity contribution >= 4 is 51.8 Å². The molecular formula is C24H26ClF2N5O2S. The molecule has 3 saturated carbocycles. The summed E-state index contributed by atoms with van der Waals surface area (Å²) in [6, 6.07) is 1.47. The number of aliphatic carboxylic acids is 1. The van der Waals surface area contributed by atoms with Gasteiger partial charge in [0, 0.05) is 54.1 Å². The quantitative estimate of drug-likeness (QED) is 0.311. The number of aromatic nitrogens is 5. The van der Waals surface area contributed by atoms with Gasteiger partial charge in [-0.2, -0.15) is 3.89 Å². The lowest BCUT2D eigenvalue weighted by Crippen LogP contribution is -2.44. The molecular weight excluding hydrogens is 496 g/mol. The van der Waals surface area contributed by atoms with Gasteiger partial charge in [-0.3, -0.25) is 4.79 Å². The van der Waals surface area contributed by atoms with Crippen molar-refractivity contribution in [2.24, 2.45) is 17.8 Å². The van der Waals surface area contributed by atoms with E-state index in [2.05, 4.69) is 15.0 Å². The molecule has 0 spiro atoms. The van der Waals surface area contributed by atoms with Crippen molar-refractivity contribution in [3.8, 4) is 11.4 Å². The van der Waals surface area contributed by atoms with Crippen LogP contribution in [-0.2, 0) is 4.79 Å². The van der Waals surface area contributed by atoms with Gasteiger partial charge in [0.2, 0.25) is 0 Å². The van der Waals surface area contributed by atoms with Crippen molar-refractivity contribution in [3.05, 3.63) is 41.7 Å². The highest BCUT2D eigenvalue weighted by Gasteiger charge is 2.48. The van der Waals surface area contributed by atoms with Crippen LogP contribution in [-0.4, -0.2) is 41.8 Å². The predicted octanol–water partition coefficient (Wildman–Crippen LogP) is 6.70. The lowest BCUT2D eigenvalue weighted by Gasteiger charge is -2.47. The Kier molecular flexibility index (Phi) is 7.32. The SMILES string of the molecule is C.CSF.O=C(O)[C@H]1C2CCC(CC2)[C@@H]1n1cc(F)c2cnc(-c3c[nH]c4ncc(Cl)cc34)nc21. The number of aromatic amines is 1. The number of fused-ring (bicyclic) bond motifs is 5. The zero-order chi connectivity index (χ0) is 24.0. The van der Waals surface area contributed by atoms with Gasteiger partial charge in [-0.15, -0.1) is 0 Å². The van der Waals surface area contributed by atoms with Gasteiger partial charge in [0.1, 0.15) is 11.3 Å². The Morgan fingerprint density at radius 2 is 1.89 bits per heavy atom. The largest absolute Gasteiger partial charge is 0.481 e. The molecule has 3 aliphatic carbocycles. The van der Waals surface area contributed by atoms with Crippen molar-refractivity contribution < 1.29 is 18.2 Å². The predicted molar refractivity (Wildman–Crippen MR) is 135 cm³/mol. The van der Waals surface area contributed by atoms with Gasteiger partial charge in [0.05, 0.1) is 22.4 Å². The summed E-state index contributed by atoms with van der Waals surface area (Å²) in [5.74, 6) is -1.04. The van der Waals surface area contributed by atoms with Crippen LogP contribution in [0, 0.1) is 23.6 Å². The minimum atomic E-state index is -0.812. The molecule has 3 aliphatic rings. The average Bonchev–Trinajstić information content (AvgIpc) is 3.40. The lowest BCUT2D eigenvalue weighted by molar-refractivity contribution is -0.151. The second kappa shape index (κ2) is 10.1. The van der Waals surface area contributed by atoms with E-state index in [4.69, 9.17) is 16.6 Å². The molecule has 11 heteroatoms. The highest BCUT2D eigenvalue weighted by molar-refractivity contribution is 7.93. The number of nitrogens with zero attached hydrogens (tertiary/aromatic N) is 4. The summed E-state index contributed by atoms with van der Waals surface area (Å²) in [6.45, 7) is 0. The molecule has 2 N–H and O–H groups in total. The molecule has 0 unspecified atom stereocenters. The topological polar surface area (TPSA) is 96.7 Å². The fourth-order valence-electron chi connectivity index (χ4n) is 5.68. The standard InChI is InChI=1S/C22H19ClFN5O2.CH3FS.CH4/c23-12-5-13-14(7-26-19(13)25-6-12)20-27-8-15-16(24)9-29(21(15)28-20)18-11-3-1-10(2-4-11)17(18)22(30)31;1-3-2;/h5-11,17-18H,1-4H2,(H,25,26)(H,30,31);1H3;1H4/t10?,11?,17-,18-;;/m0../s1. The first-order valence-corrected chi connectivity index (χ1v) is 12.5. The van der Waals surface area contributed by atoms with Crippen LogP contribution in [0.3, 0.4) is 0 Å². The molecule has 7 rings (SSSR count). The van der Waals surface area contributed by atoms with E-state index in [1.54, 1.807) is 23.0 Å². The van der Waals surface area contributed by atoms with Crippen LogP contribution in [0.2, 0.25) is 5.02 Å². The molecule has 2 bridgehead atoms. The summed E-state index contributed by atoms with van der Waals surface area (Å²) in [7, 11) is 0. The fourth-order valence-corrected chi connectivity index (χ4v) is 5.83. The summed E-state index contributed by atoms with van der Waals surface area (Å²) in [5.41, 5.74) is 1.79. The van der Waals surface area contributed by atoms with E-state index in [9.17, 15) is 18.2 Å². The van der Waals surface area contributed by atoms with Crippen LogP contribution < -0.4 is 0 Å². The van der Waals surface area contributed by atoms with Gasteiger partial charge < -0.3 is 14.7 Å². The molecule has 4 aromatic heterocycles. The average molecular weight is 522 g/mol. The summed E-state index contributed by atoms with van der Waals surface area (Å²) in [6.07, 6.45) is 11.3. The first-order chi connectivity index (χ1) is 16.4. The van der Waals surface area contributed by atoms with Gasteiger partial charge in [-0.25, -0.2) is 19.3 Å². The third kappa shape index (κ3) is 4.38. The van der Waals surface area contributed by atoms with E-state index in [0.717, 1.165) is 31.1 Å². The highest BCUT2D eigenvalue weighted by Crippen LogP contribution is 2.52. The van der Waals surface area contributed by atoms with Crippen molar-refractivity contribution in [1.29, 1.82) is 0 Å². The van der Waals surface area contributed by atoms with Gasteiger partial charge >= 0.3 is 5.97 Å². The van der Waals surface area contributed by atoms with Crippen molar-refractivity contribution in [2.75, 3.05) is 6.26 Å². The Labute approximate surface area is 210 Å². The Morgan fingerprint density at radius 3 is 2.57 bits per heavy atom. The van der Waals surface area contributed by atoms with Gasteiger partial charge in [-0.1, -0.05) is 19.0 Å². The molecule has 4 aromatic rings. The third-order valence-electron chi connectivity index (χ3n) is 7.04. The van der Waals surface area contributed by atoms with E-state index in [1.807, 2.05) is 0 Å². The maximum absolute atomic E-state index is 14.8. The molecule has 3 fully saturated rings. The smallest absolute Gasteiger partial charge is 0.308 e. The van der Waals surface area contributed by atoms with Gasteiger partial charge in [0.15, 0.2) is 11.6 Å². The number of hydrogen-bond acceptors (Lipinski definition) is 5. The lowest BCUT2D eigenvalue weighted by atomic mass is 9.61. The molecule has 0 radical (unpaired) electrons. The zero-order valence-corrected chi connectivity index (χ0v) is 19.8. The minimum absolute atomic E-state index is 0. The number of H-pyrrole nitrogens is 1. The van der Waals surface area contributed by atoms with E-state index in [1.165, 1.54) is 18.6 Å². The molecule has 0 amide bonds. The fraction of sp³-hybridized carbons (Fsp3) is 0.417. The first-order valence-electron chi connectivity index (χ1n) is 11.0. The van der Waals surface area contributed by atoms with Gasteiger partial charge in [-0.05, 0) is 43.6 Å². The Bertz CT molecular complexity index is 1370. The molecule has 2 atom stereocenters. The Morgan fingerprint density at radius 1 is 1.20 bits per heavy atom. The number of hydrogen-bond donors (Lipinski definition) is 2. The highest BCUT2D eigenvalue weighted by atomic mass is 35.5. The molecule has 4 heterocycles. The van der Waals surface area contributed by atoms with Crippen LogP contribution in [0.4, 0.5) is 8.28 Å². The number of rotatable bonds is 3. The molecule has 186 valence electrons. The van der Waals surface area contributed by atoms with E-state index < -0.39 is 17.7 Å². The summed E-state index contributed by atoms with van der Waals surface area (Å²) in [5, 5.41) is 11.5. The number of carbonyl (C=O) groups is 1. The van der Waals surface area contributed by atoms with Crippen LogP contribution in [0.1, 0.15) is 39.2 Å². The number of carboxylic acids is 1. The van der Waals surface area contributed by atoms with Crippen molar-refractivity contribution in [3.63, 3.8) is 0 Å². The number of pyridine rings is 1. The second-order valence-corrected chi connectivity index (χ2v) is 9.50. The monoisotopic (exact) mass is 521 g/mol. The van der Waals surface area contributed by atoms with Crippen LogP contribution in [0.5, 0.6) is 0 Å². The molecule has 0 aliphatic heterocycles. The number of nitrogens with one attached hydrogen (secondary N) is 1. The second-order valence-electron chi connectivity index (χ2n) is 8.75. The normalized spacial score (nSPS) is 23.1. The molecule has 7 nitrogen and oxygen atoms in total. The van der Waals surface area contributed by atoms with E-state index >= 15 is 0 Å². The number of carboxylic acid groups (broad SMARTS) is 1. The Balaban J connectivity index is 0.000000689. The number of halogens is 3. The van der Waals surface area contributed by atoms with Crippen LogP contribution >= 0.6 is 23.7 Å². The summed E-state index contributed by atoms with van der Waals surface area (Å²) in [4.78, 5) is 28.6. The van der Waals surface area contributed by atoms with E-state index in [0.29, 0.717) is 33.1 Å². The van der Waals surface area contributed by atoms with Crippen LogP contribution in [0.15, 0.2) is 30.9 Å². The molecule has 0 saturated heterocycles. The summed E-state index contributed by atoms with van der Waals surface area (Å²) >= 11 is 6.37. The zero-order valence-electron chi connectivity index (χ0n) is 18.2. The van der Waals surface area contributed by atoms with Crippen molar-refractivity contribution in [1.82, 2.24) is 24.5 Å². The van der Waals surface area contributed by atoms with Gasteiger partial charge in [0.25, 0.3) is 0 Å². The molecule has 0 aromatic carbocycles. The molecule has 35 heavy (non-hydrogen) atoms. The first kappa shape index (κ1) is 25.4. The maximum atomic E-state index is 14.8. The maximum Gasteiger partial charge on any atom is 0.308 e. The third-order valence-corrected chi connectivity index (χ3v) is 7.25. The minimum Gasteiger partial charge on any atom is -0.481 e. The van der Waals surface area contributed by atoms with Crippen molar-refractivity contribution in [2.45, 2.75) is 39.2 Å².